The molecule has 2 aromatic carbocycles. The molecule has 0 aliphatic heterocycles. The van der Waals surface area contributed by atoms with E-state index in [0.717, 1.165) is 18.5 Å². The lowest BCUT2D eigenvalue weighted by Gasteiger charge is -2.08. The van der Waals surface area contributed by atoms with Gasteiger partial charge in [-0.1, -0.05) is 32.6 Å². The number of sulfonamides is 1. The molecule has 0 aliphatic rings. The van der Waals surface area contributed by atoms with Gasteiger partial charge in [0.1, 0.15) is 5.75 Å². The normalized spacial score (nSPS) is 11.7. The van der Waals surface area contributed by atoms with E-state index in [1.54, 1.807) is 12.1 Å². The van der Waals surface area contributed by atoms with Crippen molar-refractivity contribution in [2.24, 2.45) is 4.99 Å². The minimum Gasteiger partial charge on any atom is -0.508 e. The summed E-state index contributed by atoms with van der Waals surface area (Å²) in [6.07, 6.45) is 8.98. The van der Waals surface area contributed by atoms with Crippen molar-refractivity contribution in [1.29, 1.82) is 0 Å². The standard InChI is InChI=1S/C20H26N2O3S/c1-2-3-4-5-6-7-16-21-17-10-14-20(15-11-17)26(24,25)22-18-8-12-19(23)13-9-18/h8-16,22-23H,2-7H2,1H3/b21-16-. The van der Waals surface area contributed by atoms with Crippen molar-refractivity contribution >= 4 is 27.6 Å². The highest BCUT2D eigenvalue weighted by Gasteiger charge is 2.13. The highest BCUT2D eigenvalue weighted by Crippen LogP contribution is 2.21. The molecule has 2 N–H and O–H groups in total. The van der Waals surface area contributed by atoms with Crippen molar-refractivity contribution in [2.45, 2.75) is 50.3 Å². The first kappa shape index (κ1) is 20.0. The lowest BCUT2D eigenvalue weighted by Crippen LogP contribution is -2.12. The molecule has 0 saturated carbocycles. The molecule has 0 saturated heterocycles. The van der Waals surface area contributed by atoms with E-state index < -0.39 is 10.0 Å². The topological polar surface area (TPSA) is 78.8 Å². The molecule has 0 fully saturated rings. The van der Waals surface area contributed by atoms with Crippen LogP contribution in [0.2, 0.25) is 0 Å². The van der Waals surface area contributed by atoms with Crippen LogP contribution in [0.15, 0.2) is 58.4 Å². The Kier molecular flexibility index (Phi) is 7.66. The van der Waals surface area contributed by atoms with E-state index in [1.807, 2.05) is 6.21 Å². The first-order valence-electron chi connectivity index (χ1n) is 8.96. The maximum atomic E-state index is 12.4. The molecule has 5 nitrogen and oxygen atoms in total. The van der Waals surface area contributed by atoms with Crippen molar-refractivity contribution in [3.05, 3.63) is 48.5 Å². The fourth-order valence-electron chi connectivity index (χ4n) is 2.46. The minimum atomic E-state index is -3.66. The molecule has 0 unspecified atom stereocenters. The molecule has 0 amide bonds. The van der Waals surface area contributed by atoms with E-state index in [4.69, 9.17) is 0 Å². The number of hydrogen-bond donors (Lipinski definition) is 2. The van der Waals surface area contributed by atoms with Crippen molar-refractivity contribution in [3.8, 4) is 5.75 Å². The first-order chi connectivity index (χ1) is 12.5. The van der Waals surface area contributed by atoms with E-state index in [1.165, 1.54) is 62.1 Å². The number of hydrogen-bond acceptors (Lipinski definition) is 4. The average molecular weight is 375 g/mol. The fourth-order valence-corrected chi connectivity index (χ4v) is 3.52. The van der Waals surface area contributed by atoms with E-state index in [-0.39, 0.29) is 10.6 Å². The number of phenols is 1. The van der Waals surface area contributed by atoms with Gasteiger partial charge in [-0.25, -0.2) is 8.42 Å². The Morgan fingerprint density at radius 2 is 1.62 bits per heavy atom. The van der Waals surface area contributed by atoms with Gasteiger partial charge in [-0.05, 0) is 61.4 Å². The smallest absolute Gasteiger partial charge is 0.261 e. The number of anilines is 1. The average Bonchev–Trinajstić information content (AvgIpc) is 2.63. The number of rotatable bonds is 10. The number of phenolic OH excluding ortho intramolecular Hbond substituents is 1. The second kappa shape index (κ2) is 9.97. The number of unbranched alkanes of at least 4 members (excludes halogenated alkanes) is 5. The van der Waals surface area contributed by atoms with Crippen LogP contribution in [-0.4, -0.2) is 19.7 Å². The van der Waals surface area contributed by atoms with E-state index >= 15 is 0 Å². The predicted molar refractivity (Wildman–Crippen MR) is 107 cm³/mol. The molecule has 6 heteroatoms. The molecule has 0 aromatic heterocycles. The van der Waals surface area contributed by atoms with Crippen LogP contribution in [0.3, 0.4) is 0 Å². The molecule has 140 valence electrons. The minimum absolute atomic E-state index is 0.0838. The van der Waals surface area contributed by atoms with E-state index in [2.05, 4.69) is 16.6 Å². The zero-order valence-corrected chi connectivity index (χ0v) is 15.9. The molecular formula is C20H26N2O3S. The van der Waals surface area contributed by atoms with Crippen LogP contribution in [0.25, 0.3) is 0 Å². The summed E-state index contributed by atoms with van der Waals surface area (Å²) in [6.45, 7) is 2.20. The molecular weight excluding hydrogens is 348 g/mol. The van der Waals surface area contributed by atoms with Gasteiger partial charge < -0.3 is 5.11 Å². The summed E-state index contributed by atoms with van der Waals surface area (Å²) in [5, 5.41) is 9.25. The fraction of sp³-hybridized carbons (Fsp3) is 0.350. The van der Waals surface area contributed by atoms with Crippen molar-refractivity contribution in [2.75, 3.05) is 4.72 Å². The molecule has 0 bridgehead atoms. The van der Waals surface area contributed by atoms with Crippen LogP contribution in [0, 0.1) is 0 Å². The molecule has 2 rings (SSSR count). The van der Waals surface area contributed by atoms with Gasteiger partial charge in [0, 0.05) is 11.9 Å². The zero-order valence-electron chi connectivity index (χ0n) is 15.1. The Morgan fingerprint density at radius 1 is 0.962 bits per heavy atom. The number of nitrogens with zero attached hydrogens (tertiary/aromatic N) is 1. The highest BCUT2D eigenvalue weighted by molar-refractivity contribution is 7.92. The van der Waals surface area contributed by atoms with Gasteiger partial charge in [-0.2, -0.15) is 0 Å². The largest absolute Gasteiger partial charge is 0.508 e. The summed E-state index contributed by atoms with van der Waals surface area (Å²) in [6, 6.07) is 12.3. The van der Waals surface area contributed by atoms with Gasteiger partial charge in [-0.15, -0.1) is 0 Å². The summed E-state index contributed by atoms with van der Waals surface area (Å²) in [5.74, 6) is 0.0838. The van der Waals surface area contributed by atoms with Gasteiger partial charge in [0.25, 0.3) is 10.0 Å². The molecule has 26 heavy (non-hydrogen) atoms. The number of aromatic hydroxyl groups is 1. The number of benzene rings is 2. The van der Waals surface area contributed by atoms with Gasteiger partial charge in [0.15, 0.2) is 0 Å². The second-order valence-electron chi connectivity index (χ2n) is 6.16. The Bertz CT molecular complexity index is 798. The van der Waals surface area contributed by atoms with Crippen LogP contribution in [0.1, 0.15) is 45.4 Å². The Labute approximate surface area is 155 Å². The van der Waals surface area contributed by atoms with E-state index in [9.17, 15) is 13.5 Å². The Balaban J connectivity index is 1.90. The van der Waals surface area contributed by atoms with Crippen LogP contribution < -0.4 is 4.72 Å². The highest BCUT2D eigenvalue weighted by atomic mass is 32.2. The third-order valence-electron chi connectivity index (χ3n) is 3.94. The summed E-state index contributed by atoms with van der Waals surface area (Å²) >= 11 is 0. The lowest BCUT2D eigenvalue weighted by molar-refractivity contribution is 0.475. The molecule has 0 heterocycles. The molecule has 2 aromatic rings. The maximum absolute atomic E-state index is 12.4. The van der Waals surface area contributed by atoms with Crippen LogP contribution in [0.4, 0.5) is 11.4 Å². The second-order valence-corrected chi connectivity index (χ2v) is 7.84. The zero-order chi connectivity index (χ0) is 18.8. The Morgan fingerprint density at radius 3 is 2.27 bits per heavy atom. The summed E-state index contributed by atoms with van der Waals surface area (Å²) in [4.78, 5) is 4.54. The third-order valence-corrected chi connectivity index (χ3v) is 5.34. The monoisotopic (exact) mass is 374 g/mol. The molecule has 0 spiro atoms. The molecule has 0 radical (unpaired) electrons. The van der Waals surface area contributed by atoms with Gasteiger partial charge in [-0.3, -0.25) is 9.71 Å². The van der Waals surface area contributed by atoms with Crippen LogP contribution >= 0.6 is 0 Å². The number of nitrogens with one attached hydrogen (secondary N) is 1. The van der Waals surface area contributed by atoms with Crippen LogP contribution in [0.5, 0.6) is 5.75 Å². The van der Waals surface area contributed by atoms with Crippen molar-refractivity contribution < 1.29 is 13.5 Å². The lowest BCUT2D eigenvalue weighted by atomic mass is 10.1. The SMILES string of the molecule is CCCCCCC/C=N\c1ccc(S(=O)(=O)Nc2ccc(O)cc2)cc1. The summed E-state index contributed by atoms with van der Waals surface area (Å²) in [5.41, 5.74) is 1.13. The predicted octanol–water partition coefficient (Wildman–Crippen LogP) is 5.26. The van der Waals surface area contributed by atoms with Gasteiger partial charge >= 0.3 is 0 Å². The van der Waals surface area contributed by atoms with Gasteiger partial charge in [0.05, 0.1) is 10.6 Å². The van der Waals surface area contributed by atoms with E-state index in [0.29, 0.717) is 5.69 Å². The third kappa shape index (κ3) is 6.52. The molecule has 0 aliphatic carbocycles. The molecule has 0 atom stereocenters. The maximum Gasteiger partial charge on any atom is 0.261 e. The van der Waals surface area contributed by atoms with Crippen molar-refractivity contribution in [3.63, 3.8) is 0 Å². The first-order valence-corrected chi connectivity index (χ1v) is 10.4. The van der Waals surface area contributed by atoms with Gasteiger partial charge in [0.2, 0.25) is 0 Å². The summed E-state index contributed by atoms with van der Waals surface area (Å²) in [7, 11) is -3.66. The number of aliphatic imine (C=N–C) groups is 1. The van der Waals surface area contributed by atoms with Crippen LogP contribution in [-0.2, 0) is 10.0 Å². The quantitative estimate of drug-likeness (QED) is 0.338. The summed E-state index contributed by atoms with van der Waals surface area (Å²) < 4.78 is 27.2. The Hall–Kier alpha value is -2.34. The van der Waals surface area contributed by atoms with Crippen molar-refractivity contribution in [1.82, 2.24) is 0 Å².